The van der Waals surface area contributed by atoms with Crippen LogP contribution in [0.4, 0.5) is 0 Å². The van der Waals surface area contributed by atoms with Gasteiger partial charge in [-0.25, -0.2) is 0 Å². The van der Waals surface area contributed by atoms with Crippen LogP contribution < -0.4 is 0 Å². The van der Waals surface area contributed by atoms with E-state index < -0.39 is 0 Å². The van der Waals surface area contributed by atoms with Gasteiger partial charge in [0.15, 0.2) is 0 Å². The SMILES string of the molecule is C1=CN(Cc2ccccc2)CCC1N1CCOCC1. The lowest BCUT2D eigenvalue weighted by molar-refractivity contribution is 0.0210. The molecule has 1 saturated heterocycles. The summed E-state index contributed by atoms with van der Waals surface area (Å²) in [5, 5.41) is 0. The van der Waals surface area contributed by atoms with Crippen molar-refractivity contribution >= 4 is 0 Å². The van der Waals surface area contributed by atoms with Crippen LogP contribution in [0.3, 0.4) is 0 Å². The minimum Gasteiger partial charge on any atom is -0.379 e. The average molecular weight is 258 g/mol. The Morgan fingerprint density at radius 3 is 2.53 bits per heavy atom. The summed E-state index contributed by atoms with van der Waals surface area (Å²) in [6, 6.07) is 11.3. The van der Waals surface area contributed by atoms with Gasteiger partial charge in [0.2, 0.25) is 0 Å². The van der Waals surface area contributed by atoms with Gasteiger partial charge in [-0.05, 0) is 18.2 Å². The molecule has 0 bridgehead atoms. The molecule has 1 fully saturated rings. The molecule has 2 heterocycles. The molecule has 3 heteroatoms. The van der Waals surface area contributed by atoms with E-state index in [9.17, 15) is 0 Å². The summed E-state index contributed by atoms with van der Waals surface area (Å²) in [5.74, 6) is 0. The summed E-state index contributed by atoms with van der Waals surface area (Å²) < 4.78 is 5.41. The Morgan fingerprint density at radius 1 is 1.05 bits per heavy atom. The van der Waals surface area contributed by atoms with Crippen molar-refractivity contribution in [2.24, 2.45) is 0 Å². The average Bonchev–Trinajstić information content (AvgIpc) is 2.50. The largest absolute Gasteiger partial charge is 0.379 e. The lowest BCUT2D eigenvalue weighted by Crippen LogP contribution is -2.45. The molecule has 0 aromatic heterocycles. The van der Waals surface area contributed by atoms with Crippen LogP contribution in [0.2, 0.25) is 0 Å². The maximum absolute atomic E-state index is 5.41. The van der Waals surface area contributed by atoms with Crippen LogP contribution in [-0.4, -0.2) is 48.7 Å². The van der Waals surface area contributed by atoms with Crippen LogP contribution in [0.25, 0.3) is 0 Å². The first kappa shape index (κ1) is 12.7. The molecular weight excluding hydrogens is 236 g/mol. The van der Waals surface area contributed by atoms with Crippen molar-refractivity contribution in [3.05, 3.63) is 48.2 Å². The molecule has 1 aromatic rings. The van der Waals surface area contributed by atoms with Gasteiger partial charge in [-0.2, -0.15) is 0 Å². The van der Waals surface area contributed by atoms with Gasteiger partial charge >= 0.3 is 0 Å². The topological polar surface area (TPSA) is 15.7 Å². The fourth-order valence-electron chi connectivity index (χ4n) is 2.85. The molecule has 0 aliphatic carbocycles. The van der Waals surface area contributed by atoms with Crippen molar-refractivity contribution in [2.75, 3.05) is 32.8 Å². The fraction of sp³-hybridized carbons (Fsp3) is 0.500. The third-order valence-corrected chi connectivity index (χ3v) is 3.97. The maximum Gasteiger partial charge on any atom is 0.0594 e. The molecule has 0 amide bonds. The molecule has 1 aromatic carbocycles. The quantitative estimate of drug-likeness (QED) is 0.826. The highest BCUT2D eigenvalue weighted by Gasteiger charge is 2.21. The molecule has 19 heavy (non-hydrogen) atoms. The van der Waals surface area contributed by atoms with Gasteiger partial charge in [-0.3, -0.25) is 4.90 Å². The highest BCUT2D eigenvalue weighted by molar-refractivity contribution is 5.15. The van der Waals surface area contributed by atoms with Gasteiger partial charge in [0.05, 0.1) is 13.2 Å². The van der Waals surface area contributed by atoms with Crippen molar-refractivity contribution in [3.8, 4) is 0 Å². The minimum atomic E-state index is 0.607. The number of hydrogen-bond donors (Lipinski definition) is 0. The van der Waals surface area contributed by atoms with Crippen molar-refractivity contribution in [3.63, 3.8) is 0 Å². The summed E-state index contributed by atoms with van der Waals surface area (Å²) in [5.41, 5.74) is 1.39. The summed E-state index contributed by atoms with van der Waals surface area (Å²) in [4.78, 5) is 4.95. The number of benzene rings is 1. The first-order valence-corrected chi connectivity index (χ1v) is 7.20. The Balaban J connectivity index is 1.54. The predicted octanol–water partition coefficient (Wildman–Crippen LogP) is 2.11. The van der Waals surface area contributed by atoms with Gasteiger partial charge in [0.1, 0.15) is 0 Å². The van der Waals surface area contributed by atoms with Crippen molar-refractivity contribution < 1.29 is 4.74 Å². The van der Waals surface area contributed by atoms with E-state index in [0.717, 1.165) is 39.4 Å². The van der Waals surface area contributed by atoms with Crippen molar-refractivity contribution in [2.45, 2.75) is 19.0 Å². The van der Waals surface area contributed by atoms with Crippen LogP contribution in [-0.2, 0) is 11.3 Å². The minimum absolute atomic E-state index is 0.607. The second-order valence-corrected chi connectivity index (χ2v) is 5.30. The van der Waals surface area contributed by atoms with E-state index in [-0.39, 0.29) is 0 Å². The van der Waals surface area contributed by atoms with E-state index in [4.69, 9.17) is 4.74 Å². The van der Waals surface area contributed by atoms with Gasteiger partial charge in [0, 0.05) is 32.2 Å². The third-order valence-electron chi connectivity index (χ3n) is 3.97. The maximum atomic E-state index is 5.41. The summed E-state index contributed by atoms with van der Waals surface area (Å²) in [6.07, 6.45) is 5.86. The van der Waals surface area contributed by atoms with E-state index in [1.165, 1.54) is 12.0 Å². The van der Waals surface area contributed by atoms with E-state index in [0.29, 0.717) is 6.04 Å². The first-order chi connectivity index (χ1) is 9.42. The zero-order valence-corrected chi connectivity index (χ0v) is 11.4. The van der Waals surface area contributed by atoms with E-state index in [1.807, 2.05) is 0 Å². The Hall–Kier alpha value is -1.32. The highest BCUT2D eigenvalue weighted by Crippen LogP contribution is 2.16. The summed E-state index contributed by atoms with van der Waals surface area (Å²) >= 11 is 0. The van der Waals surface area contributed by atoms with Crippen molar-refractivity contribution in [1.29, 1.82) is 0 Å². The Bertz CT molecular complexity index is 412. The lowest BCUT2D eigenvalue weighted by Gasteiger charge is -2.37. The fourth-order valence-corrected chi connectivity index (χ4v) is 2.85. The molecule has 1 unspecified atom stereocenters. The third kappa shape index (κ3) is 3.37. The second-order valence-electron chi connectivity index (χ2n) is 5.30. The number of morpholine rings is 1. The molecule has 0 spiro atoms. The molecule has 0 saturated carbocycles. The molecule has 2 aliphatic rings. The van der Waals surface area contributed by atoms with Gasteiger partial charge < -0.3 is 9.64 Å². The molecule has 3 rings (SSSR count). The Labute approximate surface area is 115 Å². The van der Waals surface area contributed by atoms with Crippen LogP contribution in [0.5, 0.6) is 0 Å². The van der Waals surface area contributed by atoms with E-state index in [1.54, 1.807) is 0 Å². The lowest BCUT2D eigenvalue weighted by atomic mass is 10.1. The number of nitrogens with zero attached hydrogens (tertiary/aromatic N) is 2. The smallest absolute Gasteiger partial charge is 0.0594 e. The predicted molar refractivity (Wildman–Crippen MR) is 76.8 cm³/mol. The number of rotatable bonds is 3. The summed E-state index contributed by atoms with van der Waals surface area (Å²) in [6.45, 7) is 6.10. The van der Waals surface area contributed by atoms with E-state index >= 15 is 0 Å². The monoisotopic (exact) mass is 258 g/mol. The number of ether oxygens (including phenoxy) is 1. The molecule has 0 radical (unpaired) electrons. The van der Waals surface area contributed by atoms with Gasteiger partial charge in [-0.1, -0.05) is 36.4 Å². The van der Waals surface area contributed by atoms with Gasteiger partial charge in [-0.15, -0.1) is 0 Å². The molecular formula is C16H22N2O. The van der Waals surface area contributed by atoms with E-state index in [2.05, 4.69) is 52.4 Å². The molecule has 2 aliphatic heterocycles. The van der Waals surface area contributed by atoms with Crippen LogP contribution in [0.1, 0.15) is 12.0 Å². The van der Waals surface area contributed by atoms with Crippen LogP contribution >= 0.6 is 0 Å². The van der Waals surface area contributed by atoms with Gasteiger partial charge in [0.25, 0.3) is 0 Å². The molecule has 102 valence electrons. The Kier molecular flexibility index (Phi) is 4.16. The summed E-state index contributed by atoms with van der Waals surface area (Å²) in [7, 11) is 0. The standard InChI is InChI=1S/C16H22N2O/c1-2-4-15(5-3-1)14-17-8-6-16(7-9-17)18-10-12-19-13-11-18/h1-6,8,16H,7,9-14H2. The molecule has 0 N–H and O–H groups in total. The Morgan fingerprint density at radius 2 is 1.84 bits per heavy atom. The highest BCUT2D eigenvalue weighted by atomic mass is 16.5. The number of hydrogen-bond acceptors (Lipinski definition) is 3. The second kappa shape index (κ2) is 6.22. The normalized spacial score (nSPS) is 24.6. The molecule has 1 atom stereocenters. The zero-order chi connectivity index (χ0) is 12.9. The van der Waals surface area contributed by atoms with Crippen molar-refractivity contribution in [1.82, 2.24) is 9.80 Å². The van der Waals surface area contributed by atoms with Crippen LogP contribution in [0.15, 0.2) is 42.6 Å². The molecule has 3 nitrogen and oxygen atoms in total. The zero-order valence-electron chi connectivity index (χ0n) is 11.4. The first-order valence-electron chi connectivity index (χ1n) is 7.20. The van der Waals surface area contributed by atoms with Crippen LogP contribution in [0, 0.1) is 0 Å².